The van der Waals surface area contributed by atoms with Gasteiger partial charge in [0, 0.05) is 6.07 Å². The SMILES string of the molecule is O=c1cc(-c2ccc(O)c(Cl)n2)oc2c(Br)cccc12. The van der Waals surface area contributed by atoms with Crippen LogP contribution in [0.3, 0.4) is 0 Å². The van der Waals surface area contributed by atoms with Crippen LogP contribution < -0.4 is 5.43 Å². The number of halogens is 2. The third-order valence-electron chi connectivity index (χ3n) is 2.79. The molecule has 0 spiro atoms. The molecule has 0 fully saturated rings. The quantitative estimate of drug-likeness (QED) is 0.673. The van der Waals surface area contributed by atoms with Gasteiger partial charge in [-0.25, -0.2) is 4.98 Å². The molecule has 0 bridgehead atoms. The molecule has 3 aromatic rings. The molecule has 20 heavy (non-hydrogen) atoms. The predicted octanol–water partition coefficient (Wildman–Crippen LogP) is 3.98. The number of pyridine rings is 1. The van der Waals surface area contributed by atoms with Crippen LogP contribution in [0.1, 0.15) is 0 Å². The maximum atomic E-state index is 12.1. The average Bonchev–Trinajstić information content (AvgIpc) is 2.43. The van der Waals surface area contributed by atoms with Gasteiger partial charge in [0.05, 0.1) is 9.86 Å². The van der Waals surface area contributed by atoms with E-state index in [4.69, 9.17) is 16.0 Å². The molecule has 100 valence electrons. The Labute approximate surface area is 126 Å². The third-order valence-corrected chi connectivity index (χ3v) is 3.69. The van der Waals surface area contributed by atoms with Crippen molar-refractivity contribution in [3.63, 3.8) is 0 Å². The summed E-state index contributed by atoms with van der Waals surface area (Å²) < 4.78 is 6.38. The molecule has 0 atom stereocenters. The first kappa shape index (κ1) is 13.1. The van der Waals surface area contributed by atoms with Crippen molar-refractivity contribution in [1.29, 1.82) is 0 Å². The fourth-order valence-electron chi connectivity index (χ4n) is 1.83. The van der Waals surface area contributed by atoms with Crippen LogP contribution in [0, 0.1) is 0 Å². The molecule has 6 heteroatoms. The van der Waals surface area contributed by atoms with Gasteiger partial charge >= 0.3 is 0 Å². The van der Waals surface area contributed by atoms with E-state index >= 15 is 0 Å². The third kappa shape index (κ3) is 2.19. The monoisotopic (exact) mass is 351 g/mol. The van der Waals surface area contributed by atoms with Gasteiger partial charge < -0.3 is 9.52 Å². The van der Waals surface area contributed by atoms with E-state index in [2.05, 4.69) is 20.9 Å². The van der Waals surface area contributed by atoms with E-state index in [0.29, 0.717) is 21.1 Å². The molecule has 4 nitrogen and oxygen atoms in total. The Kier molecular flexibility index (Phi) is 3.23. The Morgan fingerprint density at radius 2 is 2.05 bits per heavy atom. The molecule has 0 saturated carbocycles. The number of fused-ring (bicyclic) bond motifs is 1. The molecular formula is C14H7BrClNO3. The molecule has 0 amide bonds. The van der Waals surface area contributed by atoms with Crippen LogP contribution in [-0.2, 0) is 0 Å². The number of hydrogen-bond donors (Lipinski definition) is 1. The number of rotatable bonds is 1. The van der Waals surface area contributed by atoms with Gasteiger partial charge in [-0.3, -0.25) is 4.79 Å². The Morgan fingerprint density at radius 3 is 2.80 bits per heavy atom. The minimum absolute atomic E-state index is 0.0441. The molecule has 0 aliphatic heterocycles. The summed E-state index contributed by atoms with van der Waals surface area (Å²) in [6.45, 7) is 0. The topological polar surface area (TPSA) is 63.3 Å². The van der Waals surface area contributed by atoms with Crippen LogP contribution in [-0.4, -0.2) is 10.1 Å². The van der Waals surface area contributed by atoms with Crippen molar-refractivity contribution in [2.75, 3.05) is 0 Å². The zero-order chi connectivity index (χ0) is 14.3. The smallest absolute Gasteiger partial charge is 0.193 e. The summed E-state index contributed by atoms with van der Waals surface area (Å²) in [5.74, 6) is 0.163. The molecule has 2 heterocycles. The zero-order valence-electron chi connectivity index (χ0n) is 9.93. The van der Waals surface area contributed by atoms with Gasteiger partial charge in [-0.2, -0.15) is 0 Å². The van der Waals surface area contributed by atoms with Gasteiger partial charge in [-0.15, -0.1) is 0 Å². The highest BCUT2D eigenvalue weighted by Gasteiger charge is 2.11. The van der Waals surface area contributed by atoms with E-state index in [9.17, 15) is 9.90 Å². The van der Waals surface area contributed by atoms with Gasteiger partial charge in [0.15, 0.2) is 27.7 Å². The van der Waals surface area contributed by atoms with E-state index in [1.165, 1.54) is 18.2 Å². The maximum Gasteiger partial charge on any atom is 0.193 e. The Balaban J connectivity index is 2.29. The zero-order valence-corrected chi connectivity index (χ0v) is 12.3. The second-order valence-electron chi connectivity index (χ2n) is 4.10. The fraction of sp³-hybridized carbons (Fsp3) is 0. The molecule has 0 saturated heterocycles. The maximum absolute atomic E-state index is 12.1. The van der Waals surface area contributed by atoms with Crippen molar-refractivity contribution in [3.8, 4) is 17.2 Å². The van der Waals surface area contributed by atoms with Crippen LogP contribution in [0.25, 0.3) is 22.4 Å². The van der Waals surface area contributed by atoms with Crippen molar-refractivity contribution >= 4 is 38.5 Å². The first-order valence-corrected chi connectivity index (χ1v) is 6.81. The molecule has 0 radical (unpaired) electrons. The summed E-state index contributed by atoms with van der Waals surface area (Å²) in [4.78, 5) is 16.1. The highest BCUT2D eigenvalue weighted by molar-refractivity contribution is 9.10. The minimum atomic E-state index is -0.173. The van der Waals surface area contributed by atoms with Gasteiger partial charge in [-0.05, 0) is 40.2 Å². The number of benzene rings is 1. The van der Waals surface area contributed by atoms with Crippen LogP contribution >= 0.6 is 27.5 Å². The van der Waals surface area contributed by atoms with Crippen molar-refractivity contribution in [1.82, 2.24) is 4.98 Å². The lowest BCUT2D eigenvalue weighted by molar-refractivity contribution is 0.473. The second kappa shape index (κ2) is 4.92. The van der Waals surface area contributed by atoms with Crippen LogP contribution in [0.4, 0.5) is 0 Å². The molecule has 0 aliphatic rings. The normalized spacial score (nSPS) is 10.9. The second-order valence-corrected chi connectivity index (χ2v) is 5.31. The summed E-state index contributed by atoms with van der Waals surface area (Å²) in [5.41, 5.74) is 0.650. The first-order valence-electron chi connectivity index (χ1n) is 5.64. The Bertz CT molecular complexity index is 876. The lowest BCUT2D eigenvalue weighted by atomic mass is 10.2. The predicted molar refractivity (Wildman–Crippen MR) is 80.1 cm³/mol. The number of aromatic nitrogens is 1. The van der Waals surface area contributed by atoms with E-state index in [1.807, 2.05) is 0 Å². The van der Waals surface area contributed by atoms with Gasteiger partial charge in [-0.1, -0.05) is 17.7 Å². The van der Waals surface area contributed by atoms with E-state index in [-0.39, 0.29) is 22.1 Å². The number of nitrogens with zero attached hydrogens (tertiary/aromatic N) is 1. The van der Waals surface area contributed by atoms with E-state index < -0.39 is 0 Å². The summed E-state index contributed by atoms with van der Waals surface area (Å²) in [7, 11) is 0. The van der Waals surface area contributed by atoms with Crippen LogP contribution in [0.15, 0.2) is 50.1 Å². The first-order chi connectivity index (χ1) is 9.56. The number of para-hydroxylation sites is 1. The highest BCUT2D eigenvalue weighted by atomic mass is 79.9. The summed E-state index contributed by atoms with van der Waals surface area (Å²) in [6, 6.07) is 9.51. The molecule has 1 N–H and O–H groups in total. The van der Waals surface area contributed by atoms with Gasteiger partial charge in [0.1, 0.15) is 5.69 Å². The highest BCUT2D eigenvalue weighted by Crippen LogP contribution is 2.29. The summed E-state index contributed by atoms with van der Waals surface area (Å²) >= 11 is 9.11. The number of hydrogen-bond acceptors (Lipinski definition) is 4. The lowest BCUT2D eigenvalue weighted by Gasteiger charge is -2.04. The molecule has 3 rings (SSSR count). The van der Waals surface area contributed by atoms with Crippen molar-refractivity contribution < 1.29 is 9.52 Å². The Hall–Kier alpha value is -1.85. The van der Waals surface area contributed by atoms with E-state index in [1.54, 1.807) is 18.2 Å². The summed E-state index contributed by atoms with van der Waals surface area (Å²) in [5, 5.41) is 9.80. The molecule has 0 aliphatic carbocycles. The van der Waals surface area contributed by atoms with Crippen LogP contribution in [0.5, 0.6) is 5.75 Å². The molecule has 2 aromatic heterocycles. The largest absolute Gasteiger partial charge is 0.505 e. The minimum Gasteiger partial charge on any atom is -0.505 e. The number of aromatic hydroxyl groups is 1. The van der Waals surface area contributed by atoms with Crippen molar-refractivity contribution in [2.24, 2.45) is 0 Å². The summed E-state index contributed by atoms with van der Waals surface area (Å²) in [6.07, 6.45) is 0. The van der Waals surface area contributed by atoms with Gasteiger partial charge in [0.25, 0.3) is 0 Å². The standard InChI is InChI=1S/C14H7BrClNO3/c15-8-3-1-2-7-11(19)6-12(20-13(7)8)9-4-5-10(18)14(16)17-9/h1-6,18H. The molecule has 1 aromatic carbocycles. The van der Waals surface area contributed by atoms with Gasteiger partial charge in [0.2, 0.25) is 0 Å². The fourth-order valence-corrected chi connectivity index (χ4v) is 2.43. The molecular weight excluding hydrogens is 346 g/mol. The van der Waals surface area contributed by atoms with Crippen molar-refractivity contribution in [2.45, 2.75) is 0 Å². The van der Waals surface area contributed by atoms with Crippen molar-refractivity contribution in [3.05, 3.63) is 56.2 Å². The molecule has 0 unspecified atom stereocenters. The van der Waals surface area contributed by atoms with Crippen LogP contribution in [0.2, 0.25) is 5.15 Å². The average molecular weight is 353 g/mol. The Morgan fingerprint density at radius 1 is 1.25 bits per heavy atom. The lowest BCUT2D eigenvalue weighted by Crippen LogP contribution is -2.01. The van der Waals surface area contributed by atoms with E-state index in [0.717, 1.165) is 0 Å².